The molecule has 0 bridgehead atoms. The van der Waals surface area contributed by atoms with Gasteiger partial charge in [-0.2, -0.15) is 0 Å². The van der Waals surface area contributed by atoms with Crippen molar-refractivity contribution in [1.82, 2.24) is 10.6 Å². The molecule has 114 valence electrons. The highest BCUT2D eigenvalue weighted by Crippen LogP contribution is 2.35. The van der Waals surface area contributed by atoms with Gasteiger partial charge in [0.15, 0.2) is 0 Å². The van der Waals surface area contributed by atoms with Crippen molar-refractivity contribution >= 4 is 5.91 Å². The average molecular weight is 288 g/mol. The zero-order valence-electron chi connectivity index (χ0n) is 12.7. The number of rotatable bonds is 6. The standard InChI is InChI=1S/C17H24N2O2/c1-18-15-6-2-5-14-13(15)4-3-7-16(14)21-11-10-17(20)19-12-8-9-12/h3-4,7,12,15,18H,2,5-6,8-11H2,1H3,(H,19,20). The van der Waals surface area contributed by atoms with Crippen molar-refractivity contribution in [3.63, 3.8) is 0 Å². The van der Waals surface area contributed by atoms with Gasteiger partial charge in [-0.1, -0.05) is 12.1 Å². The first kappa shape index (κ1) is 14.4. The van der Waals surface area contributed by atoms with Gasteiger partial charge < -0.3 is 15.4 Å². The molecule has 1 aromatic rings. The number of fused-ring (bicyclic) bond motifs is 1. The van der Waals surface area contributed by atoms with Gasteiger partial charge in [0.1, 0.15) is 5.75 Å². The lowest BCUT2D eigenvalue weighted by Gasteiger charge is -2.26. The summed E-state index contributed by atoms with van der Waals surface area (Å²) in [4.78, 5) is 11.7. The molecule has 1 amide bonds. The SMILES string of the molecule is CNC1CCCc2c(OCCC(=O)NC3CC3)cccc21. The zero-order valence-corrected chi connectivity index (χ0v) is 12.7. The minimum absolute atomic E-state index is 0.107. The van der Waals surface area contributed by atoms with E-state index >= 15 is 0 Å². The summed E-state index contributed by atoms with van der Waals surface area (Å²) in [5.74, 6) is 1.06. The first-order valence-corrected chi connectivity index (χ1v) is 7.99. The van der Waals surface area contributed by atoms with E-state index < -0.39 is 0 Å². The maximum absolute atomic E-state index is 11.7. The third-order valence-corrected chi connectivity index (χ3v) is 4.34. The molecular weight excluding hydrogens is 264 g/mol. The van der Waals surface area contributed by atoms with Crippen LogP contribution >= 0.6 is 0 Å². The molecule has 2 aliphatic rings. The van der Waals surface area contributed by atoms with Gasteiger partial charge in [-0.15, -0.1) is 0 Å². The lowest BCUT2D eigenvalue weighted by atomic mass is 9.87. The summed E-state index contributed by atoms with van der Waals surface area (Å²) in [5, 5.41) is 6.36. The van der Waals surface area contributed by atoms with E-state index in [0.717, 1.165) is 25.0 Å². The molecule has 2 N–H and O–H groups in total. The highest BCUT2D eigenvalue weighted by molar-refractivity contribution is 5.76. The van der Waals surface area contributed by atoms with E-state index in [1.807, 2.05) is 19.2 Å². The topological polar surface area (TPSA) is 50.4 Å². The number of carbonyl (C=O) groups is 1. The fourth-order valence-electron chi connectivity index (χ4n) is 3.03. The van der Waals surface area contributed by atoms with Gasteiger partial charge in [0.2, 0.25) is 5.91 Å². The second kappa shape index (κ2) is 6.48. The van der Waals surface area contributed by atoms with E-state index in [4.69, 9.17) is 4.74 Å². The summed E-state index contributed by atoms with van der Waals surface area (Å²) in [7, 11) is 2.01. The molecule has 3 rings (SSSR count). The average Bonchev–Trinajstić information content (AvgIpc) is 3.30. The third-order valence-electron chi connectivity index (χ3n) is 4.34. The van der Waals surface area contributed by atoms with Crippen LogP contribution in [-0.2, 0) is 11.2 Å². The van der Waals surface area contributed by atoms with E-state index in [1.54, 1.807) is 0 Å². The molecule has 21 heavy (non-hydrogen) atoms. The lowest BCUT2D eigenvalue weighted by Crippen LogP contribution is -2.27. The van der Waals surface area contributed by atoms with E-state index in [-0.39, 0.29) is 5.91 Å². The molecule has 4 heteroatoms. The van der Waals surface area contributed by atoms with Gasteiger partial charge in [0.25, 0.3) is 0 Å². The largest absolute Gasteiger partial charge is 0.493 e. The number of hydrogen-bond donors (Lipinski definition) is 2. The zero-order chi connectivity index (χ0) is 14.7. The van der Waals surface area contributed by atoms with Crippen LogP contribution in [-0.4, -0.2) is 25.6 Å². The van der Waals surface area contributed by atoms with Crippen molar-refractivity contribution in [3.8, 4) is 5.75 Å². The smallest absolute Gasteiger partial charge is 0.223 e. The summed E-state index contributed by atoms with van der Waals surface area (Å²) in [5.41, 5.74) is 2.66. The normalized spacial score (nSPS) is 20.7. The number of nitrogens with one attached hydrogen (secondary N) is 2. The van der Waals surface area contributed by atoms with Gasteiger partial charge >= 0.3 is 0 Å². The number of carbonyl (C=O) groups excluding carboxylic acids is 1. The Morgan fingerprint density at radius 1 is 1.33 bits per heavy atom. The Labute approximate surface area is 126 Å². The van der Waals surface area contributed by atoms with Gasteiger partial charge in [-0.05, 0) is 56.3 Å². The maximum atomic E-state index is 11.7. The van der Waals surface area contributed by atoms with E-state index in [9.17, 15) is 4.79 Å². The predicted octanol–water partition coefficient (Wildman–Crippen LogP) is 2.33. The van der Waals surface area contributed by atoms with Crippen molar-refractivity contribution in [2.24, 2.45) is 0 Å². The van der Waals surface area contributed by atoms with E-state index in [2.05, 4.69) is 16.7 Å². The molecule has 0 aliphatic heterocycles. The van der Waals surface area contributed by atoms with Crippen LogP contribution in [0.4, 0.5) is 0 Å². The van der Waals surface area contributed by atoms with Crippen LogP contribution in [0.5, 0.6) is 5.75 Å². The molecule has 0 spiro atoms. The number of hydrogen-bond acceptors (Lipinski definition) is 3. The van der Waals surface area contributed by atoms with Crippen LogP contribution in [0.25, 0.3) is 0 Å². The monoisotopic (exact) mass is 288 g/mol. The number of benzene rings is 1. The summed E-state index contributed by atoms with van der Waals surface area (Å²) < 4.78 is 5.88. The summed E-state index contributed by atoms with van der Waals surface area (Å²) in [6.07, 6.45) is 6.12. The Morgan fingerprint density at radius 3 is 2.95 bits per heavy atom. The molecule has 0 saturated heterocycles. The Morgan fingerprint density at radius 2 is 2.19 bits per heavy atom. The molecular formula is C17H24N2O2. The highest BCUT2D eigenvalue weighted by Gasteiger charge is 2.23. The second-order valence-corrected chi connectivity index (χ2v) is 6.00. The molecule has 1 saturated carbocycles. The number of ether oxygens (including phenoxy) is 1. The van der Waals surface area contributed by atoms with Gasteiger partial charge in [0, 0.05) is 12.1 Å². The molecule has 1 fully saturated rings. The summed E-state index contributed by atoms with van der Waals surface area (Å²) in [6, 6.07) is 7.11. The number of amides is 1. The highest BCUT2D eigenvalue weighted by atomic mass is 16.5. The Balaban J connectivity index is 1.59. The van der Waals surface area contributed by atoms with Crippen molar-refractivity contribution in [3.05, 3.63) is 29.3 Å². The fourth-order valence-corrected chi connectivity index (χ4v) is 3.03. The minimum atomic E-state index is 0.107. The van der Waals surface area contributed by atoms with Crippen LogP contribution in [0.2, 0.25) is 0 Å². The van der Waals surface area contributed by atoms with Crippen molar-refractivity contribution in [1.29, 1.82) is 0 Å². The van der Waals surface area contributed by atoms with Crippen molar-refractivity contribution in [2.45, 2.75) is 50.6 Å². The quantitative estimate of drug-likeness (QED) is 0.844. The molecule has 0 heterocycles. The molecule has 0 aromatic heterocycles. The molecule has 4 nitrogen and oxygen atoms in total. The first-order valence-electron chi connectivity index (χ1n) is 7.99. The maximum Gasteiger partial charge on any atom is 0.223 e. The molecule has 1 atom stereocenters. The van der Waals surface area contributed by atoms with Crippen LogP contribution in [0.15, 0.2) is 18.2 Å². The van der Waals surface area contributed by atoms with E-state index in [0.29, 0.717) is 25.1 Å². The fraction of sp³-hybridized carbons (Fsp3) is 0.588. The van der Waals surface area contributed by atoms with Crippen LogP contribution in [0, 0.1) is 0 Å². The Hall–Kier alpha value is -1.55. The molecule has 1 unspecified atom stereocenters. The third kappa shape index (κ3) is 3.56. The van der Waals surface area contributed by atoms with E-state index in [1.165, 1.54) is 24.0 Å². The first-order chi connectivity index (χ1) is 10.3. The van der Waals surface area contributed by atoms with Crippen molar-refractivity contribution in [2.75, 3.05) is 13.7 Å². The summed E-state index contributed by atoms with van der Waals surface area (Å²) in [6.45, 7) is 0.458. The van der Waals surface area contributed by atoms with Crippen LogP contribution < -0.4 is 15.4 Å². The molecule has 2 aliphatic carbocycles. The second-order valence-electron chi connectivity index (χ2n) is 6.00. The lowest BCUT2D eigenvalue weighted by molar-refractivity contribution is -0.121. The molecule has 0 radical (unpaired) electrons. The van der Waals surface area contributed by atoms with Crippen LogP contribution in [0.3, 0.4) is 0 Å². The minimum Gasteiger partial charge on any atom is -0.493 e. The van der Waals surface area contributed by atoms with Gasteiger partial charge in [-0.3, -0.25) is 4.79 Å². The molecule has 1 aromatic carbocycles. The Bertz CT molecular complexity index is 512. The van der Waals surface area contributed by atoms with Gasteiger partial charge in [0.05, 0.1) is 13.0 Å². The Kier molecular flexibility index (Phi) is 4.44. The predicted molar refractivity (Wildman–Crippen MR) is 82.5 cm³/mol. The van der Waals surface area contributed by atoms with Crippen molar-refractivity contribution < 1.29 is 9.53 Å². The van der Waals surface area contributed by atoms with Crippen LogP contribution in [0.1, 0.15) is 49.3 Å². The summed E-state index contributed by atoms with van der Waals surface area (Å²) >= 11 is 0. The van der Waals surface area contributed by atoms with Gasteiger partial charge in [-0.25, -0.2) is 0 Å².